The molecule has 1 saturated carbocycles. The van der Waals surface area contributed by atoms with E-state index in [0.29, 0.717) is 22.6 Å². The van der Waals surface area contributed by atoms with Gasteiger partial charge in [-0.25, -0.2) is 4.68 Å². The molecule has 0 aliphatic heterocycles. The summed E-state index contributed by atoms with van der Waals surface area (Å²) in [5.41, 5.74) is 2.14. The van der Waals surface area contributed by atoms with Gasteiger partial charge in [0.25, 0.3) is 5.91 Å². The van der Waals surface area contributed by atoms with Gasteiger partial charge < -0.3 is 5.32 Å². The minimum Gasteiger partial charge on any atom is -0.322 e. The van der Waals surface area contributed by atoms with Gasteiger partial charge in [0.2, 0.25) is 0 Å². The van der Waals surface area contributed by atoms with Gasteiger partial charge in [0.05, 0.1) is 28.7 Å². The average Bonchev–Trinajstić information content (AvgIpc) is 3.41. The van der Waals surface area contributed by atoms with Crippen LogP contribution < -0.4 is 5.32 Å². The van der Waals surface area contributed by atoms with Crippen molar-refractivity contribution in [3.05, 3.63) is 75.5 Å². The largest absolute Gasteiger partial charge is 0.416 e. The third-order valence-corrected chi connectivity index (χ3v) is 5.36. The van der Waals surface area contributed by atoms with E-state index in [4.69, 9.17) is 0 Å². The smallest absolute Gasteiger partial charge is 0.322 e. The number of carbonyl (C=O) groups is 1. The van der Waals surface area contributed by atoms with Crippen LogP contribution in [0.1, 0.15) is 45.9 Å². The Morgan fingerprint density at radius 1 is 1.21 bits per heavy atom. The molecule has 8 heteroatoms. The number of hydrogen-bond donors (Lipinski definition) is 1. The molecule has 0 saturated heterocycles. The minimum atomic E-state index is -4.44. The van der Waals surface area contributed by atoms with Gasteiger partial charge in [-0.3, -0.25) is 4.79 Å². The van der Waals surface area contributed by atoms with Crippen molar-refractivity contribution in [1.82, 2.24) is 9.78 Å². The number of rotatable bonds is 4. The van der Waals surface area contributed by atoms with E-state index in [1.807, 2.05) is 19.1 Å². The Hall–Kier alpha value is -2.61. The fourth-order valence-corrected chi connectivity index (χ4v) is 3.73. The first kappa shape index (κ1) is 19.7. The fraction of sp³-hybridized carbons (Fsp3) is 0.238. The van der Waals surface area contributed by atoms with Gasteiger partial charge in [-0.2, -0.15) is 18.3 Å². The van der Waals surface area contributed by atoms with Crippen molar-refractivity contribution in [3.8, 4) is 5.69 Å². The molecule has 4 nitrogen and oxygen atoms in total. The SMILES string of the molecule is Cc1cc(Br)ccc1NC(=O)c1cnn(-c2cccc(C(F)(F)F)c2)c1C1CC1. The Morgan fingerprint density at radius 3 is 2.62 bits per heavy atom. The van der Waals surface area contributed by atoms with E-state index >= 15 is 0 Å². The lowest BCUT2D eigenvalue weighted by Gasteiger charge is -2.12. The van der Waals surface area contributed by atoms with Crippen LogP contribution in [0.5, 0.6) is 0 Å². The van der Waals surface area contributed by atoms with Crippen LogP contribution in [0.3, 0.4) is 0 Å². The third-order valence-electron chi connectivity index (χ3n) is 4.87. The van der Waals surface area contributed by atoms with Gasteiger partial charge in [0, 0.05) is 16.1 Å². The second-order valence-electron chi connectivity index (χ2n) is 7.09. The predicted octanol–water partition coefficient (Wildman–Crippen LogP) is 6.09. The molecule has 4 rings (SSSR count). The summed E-state index contributed by atoms with van der Waals surface area (Å²) >= 11 is 3.39. The summed E-state index contributed by atoms with van der Waals surface area (Å²) in [6.45, 7) is 1.88. The molecular weight excluding hydrogens is 447 g/mol. The van der Waals surface area contributed by atoms with Gasteiger partial charge in [0.15, 0.2) is 0 Å². The van der Waals surface area contributed by atoms with Crippen LogP contribution in [-0.4, -0.2) is 15.7 Å². The van der Waals surface area contributed by atoms with E-state index in [0.717, 1.165) is 35.0 Å². The first-order chi connectivity index (χ1) is 13.7. The van der Waals surface area contributed by atoms with Crippen molar-refractivity contribution in [2.75, 3.05) is 5.32 Å². The molecule has 0 bridgehead atoms. The van der Waals surface area contributed by atoms with Crippen LogP contribution in [0.4, 0.5) is 18.9 Å². The number of aromatic nitrogens is 2. The van der Waals surface area contributed by atoms with Crippen LogP contribution in [0, 0.1) is 6.92 Å². The number of nitrogens with zero attached hydrogens (tertiary/aromatic N) is 2. The highest BCUT2D eigenvalue weighted by molar-refractivity contribution is 9.10. The maximum atomic E-state index is 13.1. The molecule has 1 aromatic heterocycles. The molecule has 29 heavy (non-hydrogen) atoms. The summed E-state index contributed by atoms with van der Waals surface area (Å²) in [5, 5.41) is 7.14. The van der Waals surface area contributed by atoms with Crippen LogP contribution in [0.25, 0.3) is 5.69 Å². The average molecular weight is 464 g/mol. The summed E-state index contributed by atoms with van der Waals surface area (Å²) in [7, 11) is 0. The third kappa shape index (κ3) is 4.07. The monoisotopic (exact) mass is 463 g/mol. The van der Waals surface area contributed by atoms with Crippen molar-refractivity contribution in [1.29, 1.82) is 0 Å². The lowest BCUT2D eigenvalue weighted by Crippen LogP contribution is -2.15. The van der Waals surface area contributed by atoms with Crippen LogP contribution in [0.2, 0.25) is 0 Å². The van der Waals surface area contributed by atoms with Crippen LogP contribution in [0.15, 0.2) is 53.1 Å². The van der Waals surface area contributed by atoms with E-state index in [1.165, 1.54) is 16.9 Å². The van der Waals surface area contributed by atoms with Gasteiger partial charge in [-0.15, -0.1) is 0 Å². The standard InChI is InChI=1S/C21H17BrF3N3O/c1-12-9-15(22)7-8-18(12)27-20(29)17-11-26-28(19(17)13-5-6-13)16-4-2-3-14(10-16)21(23,24)25/h2-4,7-11,13H,5-6H2,1H3,(H,27,29). The highest BCUT2D eigenvalue weighted by Crippen LogP contribution is 2.43. The molecular formula is C21H17BrF3N3O. The number of benzene rings is 2. The van der Waals surface area contributed by atoms with Crippen molar-refractivity contribution in [3.63, 3.8) is 0 Å². The number of carbonyl (C=O) groups excluding carboxylic acids is 1. The summed E-state index contributed by atoms with van der Waals surface area (Å²) in [6, 6.07) is 10.5. The van der Waals surface area contributed by atoms with E-state index < -0.39 is 11.7 Å². The zero-order chi connectivity index (χ0) is 20.8. The Bertz CT molecular complexity index is 1090. The van der Waals surface area contributed by atoms with Crippen molar-refractivity contribution >= 4 is 27.5 Å². The topological polar surface area (TPSA) is 46.9 Å². The number of nitrogens with one attached hydrogen (secondary N) is 1. The van der Waals surface area contributed by atoms with Crippen LogP contribution in [-0.2, 0) is 6.18 Å². The van der Waals surface area contributed by atoms with Gasteiger partial charge in [-0.1, -0.05) is 22.0 Å². The minimum absolute atomic E-state index is 0.110. The second kappa shape index (κ2) is 7.33. The first-order valence-corrected chi connectivity index (χ1v) is 9.86. The van der Waals surface area contributed by atoms with Crippen molar-refractivity contribution < 1.29 is 18.0 Å². The molecule has 3 aromatic rings. The molecule has 0 atom stereocenters. The maximum absolute atomic E-state index is 13.1. The number of anilines is 1. The van der Waals surface area contributed by atoms with E-state index in [1.54, 1.807) is 12.1 Å². The molecule has 0 radical (unpaired) electrons. The molecule has 2 aromatic carbocycles. The van der Waals surface area contributed by atoms with Gasteiger partial charge >= 0.3 is 6.18 Å². The zero-order valence-electron chi connectivity index (χ0n) is 15.4. The van der Waals surface area contributed by atoms with E-state index in [9.17, 15) is 18.0 Å². The van der Waals surface area contributed by atoms with Gasteiger partial charge in [0.1, 0.15) is 0 Å². The zero-order valence-corrected chi connectivity index (χ0v) is 17.0. The van der Waals surface area contributed by atoms with Crippen LogP contribution >= 0.6 is 15.9 Å². The lowest BCUT2D eigenvalue weighted by molar-refractivity contribution is -0.137. The molecule has 1 heterocycles. The number of hydrogen-bond acceptors (Lipinski definition) is 2. The molecule has 150 valence electrons. The summed E-state index contributed by atoms with van der Waals surface area (Å²) in [6.07, 6.45) is -1.26. The molecule has 0 spiro atoms. The quantitative estimate of drug-likeness (QED) is 0.508. The first-order valence-electron chi connectivity index (χ1n) is 9.07. The Kier molecular flexibility index (Phi) is 4.98. The van der Waals surface area contributed by atoms with Gasteiger partial charge in [-0.05, 0) is 61.7 Å². The highest BCUT2D eigenvalue weighted by Gasteiger charge is 2.34. The Labute approximate surface area is 173 Å². The normalized spacial score (nSPS) is 14.1. The Morgan fingerprint density at radius 2 is 1.97 bits per heavy atom. The lowest BCUT2D eigenvalue weighted by atomic mass is 10.1. The van der Waals surface area contributed by atoms with E-state index in [2.05, 4.69) is 26.3 Å². The summed E-state index contributed by atoms with van der Waals surface area (Å²) in [5.74, 6) is -0.214. The number of alkyl halides is 3. The molecule has 1 aliphatic rings. The van der Waals surface area contributed by atoms with Crippen molar-refractivity contribution in [2.24, 2.45) is 0 Å². The maximum Gasteiger partial charge on any atom is 0.416 e. The number of halogens is 4. The number of aryl methyl sites for hydroxylation is 1. The molecule has 1 N–H and O–H groups in total. The number of amides is 1. The summed E-state index contributed by atoms with van der Waals surface area (Å²) in [4.78, 5) is 12.9. The second-order valence-corrected chi connectivity index (χ2v) is 8.01. The van der Waals surface area contributed by atoms with E-state index in [-0.39, 0.29) is 11.8 Å². The predicted molar refractivity (Wildman–Crippen MR) is 107 cm³/mol. The Balaban J connectivity index is 1.70. The molecule has 1 aliphatic carbocycles. The highest BCUT2D eigenvalue weighted by atomic mass is 79.9. The molecule has 1 amide bonds. The molecule has 0 unspecified atom stereocenters. The fourth-order valence-electron chi connectivity index (χ4n) is 3.26. The summed E-state index contributed by atoms with van der Waals surface area (Å²) < 4.78 is 41.7. The van der Waals surface area contributed by atoms with Crippen molar-refractivity contribution in [2.45, 2.75) is 31.9 Å². The molecule has 1 fully saturated rings.